The van der Waals surface area contributed by atoms with E-state index in [0.29, 0.717) is 19.0 Å². The molecule has 0 atom stereocenters. The van der Waals surface area contributed by atoms with Gasteiger partial charge in [0.15, 0.2) is 5.82 Å². The lowest BCUT2D eigenvalue weighted by molar-refractivity contribution is 0.185. The highest BCUT2D eigenvalue weighted by Crippen LogP contribution is 2.11. The van der Waals surface area contributed by atoms with Gasteiger partial charge in [-0.15, -0.1) is 0 Å². The van der Waals surface area contributed by atoms with Crippen molar-refractivity contribution in [2.75, 3.05) is 18.2 Å². The van der Waals surface area contributed by atoms with Gasteiger partial charge in [-0.2, -0.15) is 0 Å². The predicted molar refractivity (Wildman–Crippen MR) is 73.8 cm³/mol. The maximum Gasteiger partial charge on any atom is 0.276 e. The highest BCUT2D eigenvalue weighted by atomic mass is 16.5. The number of anilines is 2. The molecule has 6 nitrogen and oxygen atoms in total. The van der Waals surface area contributed by atoms with E-state index in [0.717, 1.165) is 11.1 Å². The molecule has 1 heterocycles. The van der Waals surface area contributed by atoms with Gasteiger partial charge in [0.25, 0.3) is 5.56 Å². The molecule has 0 bridgehead atoms. The first-order chi connectivity index (χ1) is 9.20. The van der Waals surface area contributed by atoms with E-state index in [9.17, 15) is 4.79 Å². The number of hydrogen-bond donors (Lipinski definition) is 3. The molecule has 0 spiro atoms. The van der Waals surface area contributed by atoms with E-state index in [2.05, 4.69) is 15.3 Å². The summed E-state index contributed by atoms with van der Waals surface area (Å²) in [6.45, 7) is 1.11. The Balaban J connectivity index is 2.08. The zero-order valence-electron chi connectivity index (χ0n) is 10.6. The fourth-order valence-electron chi connectivity index (χ4n) is 1.73. The van der Waals surface area contributed by atoms with E-state index in [1.54, 1.807) is 7.11 Å². The second-order valence-corrected chi connectivity index (χ2v) is 4.10. The Morgan fingerprint density at radius 1 is 1.42 bits per heavy atom. The summed E-state index contributed by atoms with van der Waals surface area (Å²) in [7, 11) is 1.66. The number of aromatic nitrogens is 2. The molecule has 0 aliphatic carbocycles. The van der Waals surface area contributed by atoms with Crippen LogP contribution in [0.5, 0.6) is 0 Å². The van der Waals surface area contributed by atoms with E-state index in [1.807, 2.05) is 24.3 Å². The molecule has 19 heavy (non-hydrogen) atoms. The summed E-state index contributed by atoms with van der Waals surface area (Å²) in [5.41, 5.74) is 7.54. The van der Waals surface area contributed by atoms with Gasteiger partial charge in [-0.1, -0.05) is 24.3 Å². The lowest BCUT2D eigenvalue weighted by atomic mass is 10.1. The first kappa shape index (κ1) is 13.1. The number of nitrogens with two attached hydrogens (primary N) is 1. The Hall–Kier alpha value is -2.34. The average Bonchev–Trinajstić information content (AvgIpc) is 2.41. The fourth-order valence-corrected chi connectivity index (χ4v) is 1.73. The van der Waals surface area contributed by atoms with Crippen LogP contribution in [0.1, 0.15) is 11.1 Å². The summed E-state index contributed by atoms with van der Waals surface area (Å²) in [5.74, 6) is 0.390. The Labute approximate surface area is 110 Å². The maximum absolute atomic E-state index is 11.3. The number of aromatic amines is 1. The van der Waals surface area contributed by atoms with Crippen molar-refractivity contribution < 1.29 is 4.74 Å². The Kier molecular flexibility index (Phi) is 4.15. The van der Waals surface area contributed by atoms with Gasteiger partial charge in [0.05, 0.1) is 12.9 Å². The molecule has 1 aromatic heterocycles. The average molecular weight is 260 g/mol. The van der Waals surface area contributed by atoms with Crippen LogP contribution in [0, 0.1) is 0 Å². The lowest BCUT2D eigenvalue weighted by Crippen LogP contribution is -2.16. The molecule has 0 saturated carbocycles. The summed E-state index contributed by atoms with van der Waals surface area (Å²) in [6, 6.07) is 7.96. The Morgan fingerprint density at radius 3 is 3.00 bits per heavy atom. The third-order valence-corrected chi connectivity index (χ3v) is 2.65. The van der Waals surface area contributed by atoms with Crippen molar-refractivity contribution in [2.24, 2.45) is 0 Å². The van der Waals surface area contributed by atoms with Crippen molar-refractivity contribution in [1.29, 1.82) is 0 Å². The van der Waals surface area contributed by atoms with E-state index in [1.165, 1.54) is 6.33 Å². The number of benzene rings is 1. The van der Waals surface area contributed by atoms with E-state index in [-0.39, 0.29) is 11.2 Å². The molecule has 4 N–H and O–H groups in total. The number of methoxy groups -OCH3 is 1. The van der Waals surface area contributed by atoms with Crippen LogP contribution in [0.4, 0.5) is 11.5 Å². The van der Waals surface area contributed by atoms with Crippen molar-refractivity contribution in [3.8, 4) is 0 Å². The molecule has 100 valence electrons. The maximum atomic E-state index is 11.3. The molecular formula is C13H16N4O2. The third-order valence-electron chi connectivity index (χ3n) is 2.65. The molecule has 0 radical (unpaired) electrons. The number of hydrogen-bond acceptors (Lipinski definition) is 5. The van der Waals surface area contributed by atoms with Gasteiger partial charge in [0, 0.05) is 13.7 Å². The number of nitrogens with zero attached hydrogens (tertiary/aromatic N) is 1. The van der Waals surface area contributed by atoms with Gasteiger partial charge in [-0.3, -0.25) is 4.79 Å². The van der Waals surface area contributed by atoms with Crippen LogP contribution in [0.3, 0.4) is 0 Å². The minimum atomic E-state index is -0.342. The lowest BCUT2D eigenvalue weighted by Gasteiger charge is -2.08. The normalized spacial score (nSPS) is 10.4. The highest BCUT2D eigenvalue weighted by molar-refractivity contribution is 5.59. The zero-order valence-corrected chi connectivity index (χ0v) is 10.6. The highest BCUT2D eigenvalue weighted by Gasteiger charge is 2.04. The van der Waals surface area contributed by atoms with Gasteiger partial charge < -0.3 is 20.8 Å². The number of nitrogen functional groups attached to an aromatic ring is 1. The summed E-state index contributed by atoms with van der Waals surface area (Å²) in [5, 5.41) is 3.04. The van der Waals surface area contributed by atoms with Crippen LogP contribution < -0.4 is 16.6 Å². The van der Waals surface area contributed by atoms with Crippen LogP contribution in [-0.4, -0.2) is 17.1 Å². The molecule has 0 amide bonds. The first-order valence-electron chi connectivity index (χ1n) is 5.84. The molecule has 2 aromatic rings. The van der Waals surface area contributed by atoms with E-state index in [4.69, 9.17) is 10.5 Å². The molecule has 6 heteroatoms. The van der Waals surface area contributed by atoms with Crippen molar-refractivity contribution in [1.82, 2.24) is 9.97 Å². The fraction of sp³-hybridized carbons (Fsp3) is 0.231. The number of rotatable bonds is 5. The quantitative estimate of drug-likeness (QED) is 0.749. The van der Waals surface area contributed by atoms with Crippen LogP contribution >= 0.6 is 0 Å². The van der Waals surface area contributed by atoms with Crippen LogP contribution in [0.15, 0.2) is 35.4 Å². The van der Waals surface area contributed by atoms with E-state index < -0.39 is 0 Å². The van der Waals surface area contributed by atoms with Crippen LogP contribution in [0.25, 0.3) is 0 Å². The van der Waals surface area contributed by atoms with Crippen molar-refractivity contribution in [3.05, 3.63) is 52.1 Å². The molecule has 0 unspecified atom stereocenters. The zero-order chi connectivity index (χ0) is 13.7. The molecule has 0 aliphatic heterocycles. The topological polar surface area (TPSA) is 93.0 Å². The van der Waals surface area contributed by atoms with Crippen molar-refractivity contribution in [2.45, 2.75) is 13.2 Å². The molecule has 0 aliphatic rings. The summed E-state index contributed by atoms with van der Waals surface area (Å²) in [6.07, 6.45) is 1.32. The van der Waals surface area contributed by atoms with Gasteiger partial charge in [-0.25, -0.2) is 4.98 Å². The predicted octanol–water partition coefficient (Wildman–Crippen LogP) is 1.11. The SMILES string of the molecule is COCc1cccc(CNc2nc[nH]c(=O)c2N)c1. The summed E-state index contributed by atoms with van der Waals surface area (Å²) in [4.78, 5) is 17.7. The summed E-state index contributed by atoms with van der Waals surface area (Å²) < 4.78 is 5.08. The second-order valence-electron chi connectivity index (χ2n) is 4.10. The minimum Gasteiger partial charge on any atom is -0.391 e. The number of H-pyrrole nitrogens is 1. The van der Waals surface area contributed by atoms with Gasteiger partial charge in [0.2, 0.25) is 0 Å². The first-order valence-corrected chi connectivity index (χ1v) is 5.84. The van der Waals surface area contributed by atoms with Gasteiger partial charge >= 0.3 is 0 Å². The monoisotopic (exact) mass is 260 g/mol. The Morgan fingerprint density at radius 2 is 2.21 bits per heavy atom. The standard InChI is InChI=1S/C13H16N4O2/c1-19-7-10-4-2-3-9(5-10)6-15-12-11(14)13(18)17-8-16-12/h2-5,8H,6-7,14H2,1H3,(H2,15,16,17,18). The smallest absolute Gasteiger partial charge is 0.276 e. The largest absolute Gasteiger partial charge is 0.391 e. The number of ether oxygens (including phenoxy) is 1. The molecular weight excluding hydrogens is 244 g/mol. The van der Waals surface area contributed by atoms with Gasteiger partial charge in [0.1, 0.15) is 5.69 Å². The van der Waals surface area contributed by atoms with Crippen LogP contribution in [-0.2, 0) is 17.9 Å². The van der Waals surface area contributed by atoms with Gasteiger partial charge in [-0.05, 0) is 11.1 Å². The van der Waals surface area contributed by atoms with Crippen molar-refractivity contribution in [3.63, 3.8) is 0 Å². The van der Waals surface area contributed by atoms with Crippen molar-refractivity contribution >= 4 is 11.5 Å². The number of nitrogens with one attached hydrogen (secondary N) is 2. The second kappa shape index (κ2) is 6.01. The molecule has 1 aromatic carbocycles. The minimum absolute atomic E-state index is 0.0931. The molecule has 0 fully saturated rings. The molecule has 2 rings (SSSR count). The molecule has 0 saturated heterocycles. The van der Waals surface area contributed by atoms with Crippen LogP contribution in [0.2, 0.25) is 0 Å². The Bertz CT molecular complexity index is 610. The summed E-state index contributed by atoms with van der Waals surface area (Å²) >= 11 is 0. The van der Waals surface area contributed by atoms with E-state index >= 15 is 0 Å². The third kappa shape index (κ3) is 3.32.